The van der Waals surface area contributed by atoms with Crippen LogP contribution in [0.5, 0.6) is 0 Å². The largest absolute Gasteiger partial charge is 0.324 e. The molecule has 0 fully saturated rings. The number of nitrogens with one attached hydrogen (secondary N) is 1. The smallest absolute Gasteiger partial charge is 0.242 e. The monoisotopic (exact) mass is 354 g/mol. The molecule has 1 aromatic rings. The highest BCUT2D eigenvalue weighted by Crippen LogP contribution is 2.26. The van der Waals surface area contributed by atoms with Crippen LogP contribution >= 0.6 is 27.5 Å². The molecule has 0 radical (unpaired) electrons. The molecule has 1 rings (SSSR count). The van der Waals surface area contributed by atoms with Gasteiger partial charge in [-0.1, -0.05) is 27.5 Å². The van der Waals surface area contributed by atoms with Gasteiger partial charge in [-0.05, 0) is 18.2 Å². The van der Waals surface area contributed by atoms with Crippen molar-refractivity contribution in [1.82, 2.24) is 4.31 Å². The first-order valence-electron chi connectivity index (χ1n) is 4.87. The Morgan fingerprint density at radius 3 is 2.56 bits per heavy atom. The zero-order chi connectivity index (χ0) is 13.9. The Labute approximate surface area is 119 Å². The standard InChI is InChI=1S/C10H12BrClN2O3S/c1-14(2)18(16,17)7-3-4-8(12)9(5-7)13-10(15)6-11/h3-5H,6H2,1-2H3,(H,13,15). The highest BCUT2D eigenvalue weighted by molar-refractivity contribution is 9.09. The summed E-state index contributed by atoms with van der Waals surface area (Å²) in [5.74, 6) is -0.309. The van der Waals surface area contributed by atoms with Crippen LogP contribution in [0.4, 0.5) is 5.69 Å². The summed E-state index contributed by atoms with van der Waals surface area (Å²) in [6.45, 7) is 0. The molecule has 0 aliphatic rings. The number of anilines is 1. The van der Waals surface area contributed by atoms with Crippen LogP contribution in [0.1, 0.15) is 0 Å². The van der Waals surface area contributed by atoms with Gasteiger partial charge in [0.25, 0.3) is 0 Å². The van der Waals surface area contributed by atoms with Gasteiger partial charge in [0, 0.05) is 14.1 Å². The fourth-order valence-corrected chi connectivity index (χ4v) is 2.39. The number of amides is 1. The molecule has 0 aromatic heterocycles. The first-order valence-corrected chi connectivity index (χ1v) is 7.81. The molecule has 18 heavy (non-hydrogen) atoms. The van der Waals surface area contributed by atoms with Crippen LogP contribution < -0.4 is 5.32 Å². The van der Waals surface area contributed by atoms with Gasteiger partial charge in [0.1, 0.15) is 0 Å². The van der Waals surface area contributed by atoms with E-state index in [1.165, 1.54) is 32.3 Å². The Morgan fingerprint density at radius 2 is 2.06 bits per heavy atom. The topological polar surface area (TPSA) is 66.5 Å². The van der Waals surface area contributed by atoms with Gasteiger partial charge < -0.3 is 5.32 Å². The first kappa shape index (κ1) is 15.4. The normalized spacial score (nSPS) is 11.6. The van der Waals surface area contributed by atoms with Crippen molar-refractivity contribution in [2.45, 2.75) is 4.90 Å². The van der Waals surface area contributed by atoms with Crippen molar-refractivity contribution in [3.63, 3.8) is 0 Å². The van der Waals surface area contributed by atoms with E-state index in [1.807, 2.05) is 0 Å². The molecule has 0 aliphatic heterocycles. The van der Waals surface area contributed by atoms with Gasteiger partial charge in [0.2, 0.25) is 15.9 Å². The van der Waals surface area contributed by atoms with Gasteiger partial charge in [0.15, 0.2) is 0 Å². The molecular weight excluding hydrogens is 344 g/mol. The van der Waals surface area contributed by atoms with Gasteiger partial charge in [-0.3, -0.25) is 4.79 Å². The third-order valence-corrected chi connectivity index (χ3v) is 4.76. The molecule has 0 bridgehead atoms. The number of halogens is 2. The van der Waals surface area contributed by atoms with Gasteiger partial charge in [-0.2, -0.15) is 0 Å². The van der Waals surface area contributed by atoms with E-state index in [4.69, 9.17) is 11.6 Å². The van der Waals surface area contributed by atoms with E-state index >= 15 is 0 Å². The third-order valence-electron chi connectivity index (χ3n) is 2.11. The second kappa shape index (κ2) is 6.01. The van der Waals surface area contributed by atoms with E-state index in [0.717, 1.165) is 4.31 Å². The molecule has 0 aliphatic carbocycles. The molecule has 0 spiro atoms. The van der Waals surface area contributed by atoms with Crippen LogP contribution in [0.3, 0.4) is 0 Å². The van der Waals surface area contributed by atoms with Gasteiger partial charge in [0.05, 0.1) is 20.9 Å². The average molecular weight is 356 g/mol. The number of nitrogens with zero attached hydrogens (tertiary/aromatic N) is 1. The van der Waals surface area contributed by atoms with Crippen molar-refractivity contribution in [2.75, 3.05) is 24.7 Å². The number of sulfonamides is 1. The van der Waals surface area contributed by atoms with Gasteiger partial charge >= 0.3 is 0 Å². The second-order valence-electron chi connectivity index (χ2n) is 3.61. The summed E-state index contributed by atoms with van der Waals surface area (Å²) in [6.07, 6.45) is 0. The van der Waals surface area contributed by atoms with Gasteiger partial charge in [-0.25, -0.2) is 12.7 Å². The molecule has 0 saturated carbocycles. The summed E-state index contributed by atoms with van der Waals surface area (Å²) >= 11 is 8.88. The number of hydrogen-bond donors (Lipinski definition) is 1. The molecule has 8 heteroatoms. The fourth-order valence-electron chi connectivity index (χ4n) is 1.16. The maximum absolute atomic E-state index is 11.9. The number of hydrogen-bond acceptors (Lipinski definition) is 3. The van der Waals surface area contributed by atoms with E-state index in [1.54, 1.807) is 0 Å². The molecule has 0 heterocycles. The summed E-state index contributed by atoms with van der Waals surface area (Å²) < 4.78 is 24.9. The summed E-state index contributed by atoms with van der Waals surface area (Å²) in [7, 11) is -0.685. The van der Waals surface area contributed by atoms with Crippen molar-refractivity contribution >= 4 is 49.1 Å². The van der Waals surface area contributed by atoms with E-state index in [2.05, 4.69) is 21.2 Å². The van der Waals surface area contributed by atoms with Crippen molar-refractivity contribution in [3.8, 4) is 0 Å². The first-order chi connectivity index (χ1) is 8.28. The number of carbonyl (C=O) groups excluding carboxylic acids is 1. The zero-order valence-corrected chi connectivity index (χ0v) is 12.9. The van der Waals surface area contributed by atoms with E-state index in [9.17, 15) is 13.2 Å². The van der Waals surface area contributed by atoms with E-state index in [0.29, 0.717) is 0 Å². The molecule has 1 aromatic carbocycles. The lowest BCUT2D eigenvalue weighted by atomic mass is 10.3. The van der Waals surface area contributed by atoms with Crippen molar-refractivity contribution in [3.05, 3.63) is 23.2 Å². The molecule has 5 nitrogen and oxygen atoms in total. The van der Waals surface area contributed by atoms with Crippen LogP contribution in [0.2, 0.25) is 5.02 Å². The SMILES string of the molecule is CN(C)S(=O)(=O)c1ccc(Cl)c(NC(=O)CBr)c1. The predicted octanol–water partition coefficient (Wildman–Crippen LogP) is 1.92. The summed E-state index contributed by atoms with van der Waals surface area (Å²) in [5, 5.41) is 2.90. The number of benzene rings is 1. The maximum atomic E-state index is 11.9. The lowest BCUT2D eigenvalue weighted by molar-refractivity contribution is -0.113. The maximum Gasteiger partial charge on any atom is 0.242 e. The second-order valence-corrected chi connectivity index (χ2v) is 6.73. The van der Waals surface area contributed by atoms with Crippen molar-refractivity contribution < 1.29 is 13.2 Å². The average Bonchev–Trinajstić information content (AvgIpc) is 2.31. The molecule has 100 valence electrons. The van der Waals surface area contributed by atoms with E-state index in [-0.39, 0.29) is 26.8 Å². The minimum absolute atomic E-state index is 0.0711. The molecule has 0 saturated heterocycles. The highest BCUT2D eigenvalue weighted by atomic mass is 79.9. The Bertz CT molecular complexity index is 560. The Balaban J connectivity index is 3.20. The Hall–Kier alpha value is -0.630. The number of carbonyl (C=O) groups is 1. The van der Waals surface area contributed by atoms with Crippen LogP contribution in [-0.4, -0.2) is 38.1 Å². The molecule has 1 N–H and O–H groups in total. The highest BCUT2D eigenvalue weighted by Gasteiger charge is 2.18. The third kappa shape index (κ3) is 3.44. The minimum Gasteiger partial charge on any atom is -0.324 e. The van der Waals surface area contributed by atoms with Crippen LogP contribution in [-0.2, 0) is 14.8 Å². The summed E-state index contributed by atoms with van der Waals surface area (Å²) in [4.78, 5) is 11.3. The number of rotatable bonds is 4. The van der Waals surface area contributed by atoms with Crippen LogP contribution in [0.15, 0.2) is 23.1 Å². The Kier molecular flexibility index (Phi) is 5.15. The fraction of sp³-hybridized carbons (Fsp3) is 0.300. The van der Waals surface area contributed by atoms with Crippen LogP contribution in [0, 0.1) is 0 Å². The molecule has 1 amide bonds. The quantitative estimate of drug-likeness (QED) is 0.839. The predicted molar refractivity (Wildman–Crippen MR) is 74.7 cm³/mol. The summed E-state index contributed by atoms with van der Waals surface area (Å²) in [6, 6.07) is 4.15. The summed E-state index contributed by atoms with van der Waals surface area (Å²) in [5.41, 5.74) is 0.268. The Morgan fingerprint density at radius 1 is 1.44 bits per heavy atom. The molecule has 0 atom stereocenters. The molecular formula is C10H12BrClN2O3S. The lowest BCUT2D eigenvalue weighted by Gasteiger charge is -2.13. The van der Waals surface area contributed by atoms with Crippen LogP contribution in [0.25, 0.3) is 0 Å². The van der Waals surface area contributed by atoms with Gasteiger partial charge in [-0.15, -0.1) is 0 Å². The lowest BCUT2D eigenvalue weighted by Crippen LogP contribution is -2.22. The van der Waals surface area contributed by atoms with Crippen molar-refractivity contribution in [1.29, 1.82) is 0 Å². The zero-order valence-electron chi connectivity index (χ0n) is 9.78. The minimum atomic E-state index is -3.55. The number of alkyl halides is 1. The van der Waals surface area contributed by atoms with E-state index < -0.39 is 10.0 Å². The molecule has 0 unspecified atom stereocenters. The van der Waals surface area contributed by atoms with Crippen molar-refractivity contribution in [2.24, 2.45) is 0 Å².